The first-order chi connectivity index (χ1) is 9.65. The van der Waals surface area contributed by atoms with Crippen molar-refractivity contribution in [3.63, 3.8) is 0 Å². The number of nitrogens with one attached hydrogen (secondary N) is 1. The van der Waals surface area contributed by atoms with E-state index in [-0.39, 0.29) is 5.91 Å². The molecule has 3 aromatic rings. The maximum atomic E-state index is 12.5. The van der Waals surface area contributed by atoms with Gasteiger partial charge in [-0.2, -0.15) is 0 Å². The minimum Gasteiger partial charge on any atom is -0.361 e. The summed E-state index contributed by atoms with van der Waals surface area (Å²) in [5.41, 5.74) is 3.03. The van der Waals surface area contributed by atoms with Gasteiger partial charge < -0.3 is 9.88 Å². The Morgan fingerprint density at radius 3 is 2.90 bits per heavy atom. The number of amides is 1. The van der Waals surface area contributed by atoms with Gasteiger partial charge in [0.05, 0.1) is 6.54 Å². The topological polar surface area (TPSA) is 36.1 Å². The Balaban J connectivity index is 1.82. The lowest BCUT2D eigenvalue weighted by molar-refractivity contribution is 0.0786. The van der Waals surface area contributed by atoms with Crippen molar-refractivity contribution in [1.29, 1.82) is 0 Å². The first-order valence-electron chi connectivity index (χ1n) is 6.51. The summed E-state index contributed by atoms with van der Waals surface area (Å²) in [4.78, 5) is 18.6. The average Bonchev–Trinajstić information content (AvgIpc) is 3.06. The lowest BCUT2D eigenvalue weighted by Crippen LogP contribution is -2.26. The molecule has 0 unspecified atom stereocenters. The zero-order chi connectivity index (χ0) is 14.1. The van der Waals surface area contributed by atoms with Crippen LogP contribution in [0.4, 0.5) is 0 Å². The van der Waals surface area contributed by atoms with Crippen molar-refractivity contribution in [2.45, 2.75) is 13.5 Å². The predicted octanol–water partition coefficient (Wildman–Crippen LogP) is 3.81. The SMILES string of the molecule is Cc1ccsc1CN(C)C(=O)c1ccc2[nH]ccc2c1. The van der Waals surface area contributed by atoms with Crippen LogP contribution in [-0.2, 0) is 6.54 Å². The number of rotatable bonds is 3. The minimum absolute atomic E-state index is 0.0564. The Kier molecular flexibility index (Phi) is 3.32. The molecule has 1 aromatic carbocycles. The molecule has 1 amide bonds. The highest BCUT2D eigenvalue weighted by atomic mass is 32.1. The maximum absolute atomic E-state index is 12.5. The van der Waals surface area contributed by atoms with Gasteiger partial charge in [-0.15, -0.1) is 11.3 Å². The molecular formula is C16H16N2OS. The molecule has 4 heteroatoms. The number of hydrogen-bond donors (Lipinski definition) is 1. The number of aromatic nitrogens is 1. The number of aryl methyl sites for hydroxylation is 1. The normalized spacial score (nSPS) is 10.9. The number of hydrogen-bond acceptors (Lipinski definition) is 2. The number of carbonyl (C=O) groups excluding carboxylic acids is 1. The molecule has 0 aliphatic heterocycles. The lowest BCUT2D eigenvalue weighted by atomic mass is 10.1. The summed E-state index contributed by atoms with van der Waals surface area (Å²) in [7, 11) is 1.85. The largest absolute Gasteiger partial charge is 0.361 e. The molecule has 2 heterocycles. The summed E-state index contributed by atoms with van der Waals surface area (Å²) in [5, 5.41) is 3.13. The second kappa shape index (κ2) is 5.13. The number of thiophene rings is 1. The second-order valence-electron chi connectivity index (χ2n) is 4.97. The van der Waals surface area contributed by atoms with Crippen molar-refractivity contribution < 1.29 is 4.79 Å². The van der Waals surface area contributed by atoms with E-state index in [1.54, 1.807) is 16.2 Å². The van der Waals surface area contributed by atoms with Crippen LogP contribution in [-0.4, -0.2) is 22.8 Å². The van der Waals surface area contributed by atoms with Crippen LogP contribution in [0.5, 0.6) is 0 Å². The first kappa shape index (κ1) is 12.9. The third kappa shape index (κ3) is 2.34. The van der Waals surface area contributed by atoms with Crippen molar-refractivity contribution in [3.8, 4) is 0 Å². The van der Waals surface area contributed by atoms with Gasteiger partial charge in [-0.25, -0.2) is 0 Å². The van der Waals surface area contributed by atoms with Gasteiger partial charge in [-0.3, -0.25) is 4.79 Å². The number of fused-ring (bicyclic) bond motifs is 1. The molecule has 0 radical (unpaired) electrons. The van der Waals surface area contributed by atoms with Crippen LogP contribution in [0.25, 0.3) is 10.9 Å². The van der Waals surface area contributed by atoms with E-state index in [4.69, 9.17) is 0 Å². The van der Waals surface area contributed by atoms with Crippen molar-refractivity contribution in [3.05, 3.63) is 57.9 Å². The van der Waals surface area contributed by atoms with Crippen molar-refractivity contribution in [2.24, 2.45) is 0 Å². The van der Waals surface area contributed by atoms with E-state index in [1.165, 1.54) is 10.4 Å². The Hall–Kier alpha value is -2.07. The van der Waals surface area contributed by atoms with Gasteiger partial charge in [-0.1, -0.05) is 0 Å². The van der Waals surface area contributed by atoms with Gasteiger partial charge in [0.15, 0.2) is 0 Å². The molecule has 3 nitrogen and oxygen atoms in total. The molecule has 1 N–H and O–H groups in total. The number of benzene rings is 1. The quantitative estimate of drug-likeness (QED) is 0.780. The molecule has 102 valence electrons. The zero-order valence-electron chi connectivity index (χ0n) is 11.5. The number of aromatic amines is 1. The molecule has 0 saturated heterocycles. The molecule has 0 fully saturated rings. The standard InChI is InChI=1S/C16H16N2OS/c1-11-6-8-20-15(11)10-18(2)16(19)13-3-4-14-12(9-13)5-7-17-14/h3-9,17H,10H2,1-2H3. The number of H-pyrrole nitrogens is 1. The van der Waals surface area contributed by atoms with Crippen molar-refractivity contribution in [1.82, 2.24) is 9.88 Å². The minimum atomic E-state index is 0.0564. The Morgan fingerprint density at radius 1 is 1.30 bits per heavy atom. The molecule has 0 aliphatic carbocycles. The van der Waals surface area contributed by atoms with Crippen LogP contribution in [0.2, 0.25) is 0 Å². The molecule has 0 bridgehead atoms. The highest BCUT2D eigenvalue weighted by Gasteiger charge is 2.14. The van der Waals surface area contributed by atoms with Gasteiger partial charge in [0, 0.05) is 34.6 Å². The molecule has 0 atom stereocenters. The summed E-state index contributed by atoms with van der Waals surface area (Å²) in [6.07, 6.45) is 1.89. The average molecular weight is 284 g/mol. The third-order valence-corrected chi connectivity index (χ3v) is 4.50. The van der Waals surface area contributed by atoms with E-state index < -0.39 is 0 Å². The molecule has 20 heavy (non-hydrogen) atoms. The van der Waals surface area contributed by atoms with Crippen molar-refractivity contribution in [2.75, 3.05) is 7.05 Å². The lowest BCUT2D eigenvalue weighted by Gasteiger charge is -2.17. The van der Waals surface area contributed by atoms with E-state index in [2.05, 4.69) is 23.4 Å². The maximum Gasteiger partial charge on any atom is 0.253 e. The van der Waals surface area contributed by atoms with Gasteiger partial charge in [0.1, 0.15) is 0 Å². The molecule has 0 spiro atoms. The molecule has 2 aromatic heterocycles. The zero-order valence-corrected chi connectivity index (χ0v) is 12.3. The highest BCUT2D eigenvalue weighted by molar-refractivity contribution is 7.10. The Morgan fingerprint density at radius 2 is 2.15 bits per heavy atom. The summed E-state index contributed by atoms with van der Waals surface area (Å²) >= 11 is 1.70. The second-order valence-corrected chi connectivity index (χ2v) is 5.97. The molecule has 3 rings (SSSR count). The van der Waals surface area contributed by atoms with Gasteiger partial charge in [0.2, 0.25) is 0 Å². The summed E-state index contributed by atoms with van der Waals surface area (Å²) < 4.78 is 0. The Labute approximate surface area is 121 Å². The van der Waals surface area contributed by atoms with Crippen LogP contribution < -0.4 is 0 Å². The van der Waals surface area contributed by atoms with E-state index >= 15 is 0 Å². The smallest absolute Gasteiger partial charge is 0.253 e. The van der Waals surface area contributed by atoms with E-state index in [0.717, 1.165) is 16.5 Å². The predicted molar refractivity (Wildman–Crippen MR) is 83.2 cm³/mol. The number of nitrogens with zero attached hydrogens (tertiary/aromatic N) is 1. The van der Waals surface area contributed by atoms with Crippen molar-refractivity contribution >= 4 is 28.1 Å². The van der Waals surface area contributed by atoms with Crippen LogP contribution >= 0.6 is 11.3 Å². The summed E-state index contributed by atoms with van der Waals surface area (Å²) in [6, 6.07) is 9.83. The highest BCUT2D eigenvalue weighted by Crippen LogP contribution is 2.20. The van der Waals surface area contributed by atoms with Gasteiger partial charge in [0.25, 0.3) is 5.91 Å². The van der Waals surface area contributed by atoms with E-state index in [9.17, 15) is 4.79 Å². The van der Waals surface area contributed by atoms with Crippen LogP contribution in [0, 0.1) is 6.92 Å². The number of carbonyl (C=O) groups is 1. The summed E-state index contributed by atoms with van der Waals surface area (Å²) in [6.45, 7) is 2.74. The van der Waals surface area contributed by atoms with Crippen LogP contribution in [0.3, 0.4) is 0 Å². The van der Waals surface area contributed by atoms with E-state index in [0.29, 0.717) is 6.54 Å². The Bertz CT molecular complexity index is 757. The fourth-order valence-electron chi connectivity index (χ4n) is 2.26. The third-order valence-electron chi connectivity index (χ3n) is 3.50. The van der Waals surface area contributed by atoms with Gasteiger partial charge >= 0.3 is 0 Å². The molecule has 0 aliphatic rings. The monoisotopic (exact) mass is 284 g/mol. The summed E-state index contributed by atoms with van der Waals surface area (Å²) in [5.74, 6) is 0.0564. The van der Waals surface area contributed by atoms with Gasteiger partial charge in [-0.05, 0) is 48.2 Å². The van der Waals surface area contributed by atoms with Crippen LogP contribution in [0.15, 0.2) is 41.9 Å². The molecular weight excluding hydrogens is 268 g/mol. The molecule has 0 saturated carbocycles. The first-order valence-corrected chi connectivity index (χ1v) is 7.38. The van der Waals surface area contributed by atoms with Crippen LogP contribution in [0.1, 0.15) is 20.8 Å². The fraction of sp³-hybridized carbons (Fsp3) is 0.188. The fourth-order valence-corrected chi connectivity index (χ4v) is 3.22. The van der Waals surface area contributed by atoms with E-state index in [1.807, 2.05) is 37.5 Å².